The minimum Gasteiger partial charge on any atom is -0.360 e. The van der Waals surface area contributed by atoms with E-state index in [4.69, 9.17) is 0 Å². The van der Waals surface area contributed by atoms with E-state index in [0.29, 0.717) is 10.9 Å². The summed E-state index contributed by atoms with van der Waals surface area (Å²) < 4.78 is 0. The summed E-state index contributed by atoms with van der Waals surface area (Å²) in [6.07, 6.45) is 3.30. The third-order valence-electron chi connectivity index (χ3n) is 4.55. The molecule has 0 aliphatic carbocycles. The molecule has 2 atom stereocenters. The van der Waals surface area contributed by atoms with Gasteiger partial charge in [-0.2, -0.15) is 0 Å². The van der Waals surface area contributed by atoms with Gasteiger partial charge in [-0.3, -0.25) is 14.4 Å². The largest absolute Gasteiger partial charge is 0.360 e. The van der Waals surface area contributed by atoms with Crippen LogP contribution in [0.15, 0.2) is 35.3 Å². The third kappa shape index (κ3) is 3.88. The van der Waals surface area contributed by atoms with Gasteiger partial charge in [0, 0.05) is 29.2 Å². The van der Waals surface area contributed by atoms with E-state index in [9.17, 15) is 14.4 Å². The lowest BCUT2D eigenvalue weighted by Crippen LogP contribution is -2.53. The molecular formula is C18H22N4O3. The molecule has 1 aliphatic heterocycles. The van der Waals surface area contributed by atoms with Gasteiger partial charge in [-0.05, 0) is 38.4 Å². The topological polar surface area (TPSA) is 103 Å². The quantitative estimate of drug-likeness (QED) is 0.650. The number of hydrogen-bond donors (Lipinski definition) is 4. The maximum absolute atomic E-state index is 12.4. The number of carbonyl (C=O) groups excluding carboxylic acids is 2. The molecule has 1 aromatic carbocycles. The van der Waals surface area contributed by atoms with Gasteiger partial charge in [-0.15, -0.1) is 0 Å². The zero-order valence-electron chi connectivity index (χ0n) is 14.1. The predicted octanol–water partition coefficient (Wildman–Crippen LogP) is 0.515. The molecule has 7 heteroatoms. The van der Waals surface area contributed by atoms with Crippen molar-refractivity contribution in [3.63, 3.8) is 0 Å². The number of nitrogens with one attached hydrogen (secondary N) is 4. The molecule has 2 unspecified atom stereocenters. The number of fused-ring (bicyclic) bond motifs is 1. The molecule has 2 aromatic rings. The maximum Gasteiger partial charge on any atom is 0.257 e. The Hall–Kier alpha value is -2.67. The highest BCUT2D eigenvalue weighted by atomic mass is 16.2. The average Bonchev–Trinajstić information content (AvgIpc) is 2.62. The van der Waals surface area contributed by atoms with Gasteiger partial charge in [0.05, 0.1) is 6.54 Å². The second kappa shape index (κ2) is 7.48. The fourth-order valence-corrected chi connectivity index (χ4v) is 3.09. The van der Waals surface area contributed by atoms with Crippen LogP contribution in [0.2, 0.25) is 0 Å². The van der Waals surface area contributed by atoms with Gasteiger partial charge < -0.3 is 20.9 Å². The van der Waals surface area contributed by atoms with Crippen molar-refractivity contribution in [2.24, 2.45) is 0 Å². The van der Waals surface area contributed by atoms with Crippen LogP contribution < -0.4 is 21.4 Å². The van der Waals surface area contributed by atoms with Crippen LogP contribution in [0.5, 0.6) is 0 Å². The molecule has 3 rings (SSSR count). The molecule has 1 aromatic heterocycles. The number of H-pyrrole nitrogens is 1. The molecule has 1 fully saturated rings. The smallest absolute Gasteiger partial charge is 0.257 e. The Morgan fingerprint density at radius 2 is 2.08 bits per heavy atom. The van der Waals surface area contributed by atoms with Crippen molar-refractivity contribution >= 4 is 22.7 Å². The summed E-state index contributed by atoms with van der Waals surface area (Å²) in [5.74, 6) is -0.817. The molecule has 0 spiro atoms. The molecule has 4 N–H and O–H groups in total. The van der Waals surface area contributed by atoms with Crippen LogP contribution in [-0.2, 0) is 4.79 Å². The number of piperidine rings is 1. The number of rotatable bonds is 4. The van der Waals surface area contributed by atoms with E-state index < -0.39 is 5.91 Å². The van der Waals surface area contributed by atoms with Crippen LogP contribution in [0.4, 0.5) is 0 Å². The Morgan fingerprint density at radius 3 is 2.88 bits per heavy atom. The van der Waals surface area contributed by atoms with Gasteiger partial charge in [0.15, 0.2) is 0 Å². The Bertz CT molecular complexity index is 846. The van der Waals surface area contributed by atoms with E-state index in [0.717, 1.165) is 19.4 Å². The summed E-state index contributed by atoms with van der Waals surface area (Å²) in [6.45, 7) is 2.82. The highest BCUT2D eigenvalue weighted by Crippen LogP contribution is 2.08. The Morgan fingerprint density at radius 1 is 1.28 bits per heavy atom. The number of hydrogen-bond acceptors (Lipinski definition) is 4. The van der Waals surface area contributed by atoms with Crippen LogP contribution in [0.3, 0.4) is 0 Å². The van der Waals surface area contributed by atoms with Crippen LogP contribution in [0, 0.1) is 0 Å². The molecular weight excluding hydrogens is 320 g/mol. The van der Waals surface area contributed by atoms with E-state index in [1.54, 1.807) is 18.2 Å². The minimum atomic E-state index is -0.558. The summed E-state index contributed by atoms with van der Waals surface area (Å²) in [5, 5.41) is 9.19. The predicted molar refractivity (Wildman–Crippen MR) is 95.5 cm³/mol. The van der Waals surface area contributed by atoms with Gasteiger partial charge in [-0.25, -0.2) is 0 Å². The van der Waals surface area contributed by atoms with Crippen LogP contribution in [0.25, 0.3) is 10.9 Å². The molecule has 25 heavy (non-hydrogen) atoms. The molecule has 1 saturated heterocycles. The summed E-state index contributed by atoms with van der Waals surface area (Å²) in [7, 11) is 0. The second-order valence-corrected chi connectivity index (χ2v) is 6.32. The maximum atomic E-state index is 12.4. The first kappa shape index (κ1) is 17.2. The lowest BCUT2D eigenvalue weighted by atomic mass is 10.00. The third-order valence-corrected chi connectivity index (χ3v) is 4.55. The monoisotopic (exact) mass is 342 g/mol. The molecule has 132 valence electrons. The van der Waals surface area contributed by atoms with Gasteiger partial charge in [0.2, 0.25) is 11.3 Å². The Labute approximate surface area is 145 Å². The number of benzene rings is 1. The molecule has 0 saturated carbocycles. The SMILES string of the molecule is CC1NCCCC1NC(=O)CNC(=O)c1c[nH]c2ccccc2c1=O. The minimum absolute atomic E-state index is 0.000740. The van der Waals surface area contributed by atoms with Crippen LogP contribution in [0.1, 0.15) is 30.1 Å². The molecule has 0 radical (unpaired) electrons. The standard InChI is InChI=1S/C18H22N4O3/c1-11-14(7-4-8-19-11)22-16(23)10-21-18(25)13-9-20-15-6-3-2-5-12(15)17(13)24/h2-3,5-6,9,11,14,19H,4,7-8,10H2,1H3,(H,20,24)(H,21,25)(H,22,23). The normalized spacial score (nSPS) is 20.2. The first-order valence-corrected chi connectivity index (χ1v) is 8.47. The highest BCUT2D eigenvalue weighted by molar-refractivity contribution is 5.98. The van der Waals surface area contributed by atoms with E-state index in [1.165, 1.54) is 6.20 Å². The Kier molecular flexibility index (Phi) is 5.14. The number of amides is 2. The van der Waals surface area contributed by atoms with Crippen molar-refractivity contribution in [2.45, 2.75) is 31.8 Å². The van der Waals surface area contributed by atoms with Crippen molar-refractivity contribution in [1.29, 1.82) is 0 Å². The number of aromatic nitrogens is 1. The number of carbonyl (C=O) groups is 2. The van der Waals surface area contributed by atoms with Crippen LogP contribution >= 0.6 is 0 Å². The Balaban J connectivity index is 1.62. The number of pyridine rings is 1. The summed E-state index contributed by atoms with van der Waals surface area (Å²) in [6, 6.07) is 7.24. The van der Waals surface area contributed by atoms with Gasteiger partial charge in [0.25, 0.3) is 5.91 Å². The average molecular weight is 342 g/mol. The molecule has 2 heterocycles. The van der Waals surface area contributed by atoms with Gasteiger partial charge >= 0.3 is 0 Å². The van der Waals surface area contributed by atoms with Crippen molar-refractivity contribution in [2.75, 3.05) is 13.1 Å². The van der Waals surface area contributed by atoms with Crippen molar-refractivity contribution in [1.82, 2.24) is 20.9 Å². The number of aromatic amines is 1. The first-order valence-electron chi connectivity index (χ1n) is 8.47. The molecule has 1 aliphatic rings. The fourth-order valence-electron chi connectivity index (χ4n) is 3.09. The van der Waals surface area contributed by atoms with Crippen LogP contribution in [-0.4, -0.2) is 42.0 Å². The molecule has 0 bridgehead atoms. The van der Waals surface area contributed by atoms with Crippen molar-refractivity contribution < 1.29 is 9.59 Å². The van der Waals surface area contributed by atoms with E-state index in [1.807, 2.05) is 13.0 Å². The fraction of sp³-hybridized carbons (Fsp3) is 0.389. The van der Waals surface area contributed by atoms with E-state index in [2.05, 4.69) is 20.9 Å². The number of para-hydroxylation sites is 1. The molecule has 2 amide bonds. The second-order valence-electron chi connectivity index (χ2n) is 6.32. The zero-order chi connectivity index (χ0) is 17.8. The van der Waals surface area contributed by atoms with Gasteiger partial charge in [-0.1, -0.05) is 12.1 Å². The first-order chi connectivity index (χ1) is 12.1. The van der Waals surface area contributed by atoms with E-state index >= 15 is 0 Å². The highest BCUT2D eigenvalue weighted by Gasteiger charge is 2.22. The van der Waals surface area contributed by atoms with Gasteiger partial charge in [0.1, 0.15) is 5.56 Å². The lowest BCUT2D eigenvalue weighted by Gasteiger charge is -2.30. The zero-order valence-corrected chi connectivity index (χ0v) is 14.1. The summed E-state index contributed by atoms with van der Waals surface area (Å²) in [5.41, 5.74) is 0.317. The molecule has 7 nitrogen and oxygen atoms in total. The van der Waals surface area contributed by atoms with Crippen molar-refractivity contribution in [3.05, 3.63) is 46.2 Å². The summed E-state index contributed by atoms with van der Waals surface area (Å²) >= 11 is 0. The summed E-state index contributed by atoms with van der Waals surface area (Å²) in [4.78, 5) is 39.6. The van der Waals surface area contributed by atoms with E-state index in [-0.39, 0.29) is 35.5 Å². The lowest BCUT2D eigenvalue weighted by molar-refractivity contribution is -0.121. The van der Waals surface area contributed by atoms with Crippen molar-refractivity contribution in [3.8, 4) is 0 Å².